The van der Waals surface area contributed by atoms with Gasteiger partial charge in [0.2, 0.25) is 9.76 Å². The zero-order valence-corrected chi connectivity index (χ0v) is 13.0. The van der Waals surface area contributed by atoms with E-state index in [-0.39, 0.29) is 18.5 Å². The van der Waals surface area contributed by atoms with Crippen molar-refractivity contribution in [2.24, 2.45) is 0 Å². The maximum absolute atomic E-state index is 11.2. The van der Waals surface area contributed by atoms with Crippen LogP contribution >= 0.6 is 0 Å². The third kappa shape index (κ3) is 11.6. The fraction of sp³-hybridized carbons (Fsp3) is 0.667. The Bertz CT molecular complexity index is 292. The summed E-state index contributed by atoms with van der Waals surface area (Å²) in [5.41, 5.74) is 0.386. The van der Waals surface area contributed by atoms with Crippen LogP contribution in [0.4, 0.5) is 0 Å². The molecule has 0 radical (unpaired) electrons. The van der Waals surface area contributed by atoms with Crippen LogP contribution in [0.5, 0.6) is 0 Å². The average Bonchev–Trinajstić information content (AvgIpc) is 2.38. The van der Waals surface area contributed by atoms with Crippen molar-refractivity contribution in [1.29, 1.82) is 0 Å². The largest absolute Gasteiger partial charge is 0.523 e. The summed E-state index contributed by atoms with van der Waals surface area (Å²) in [6, 6.07) is 0.771. The Balaban J connectivity index is 3.32. The normalized spacial score (nSPS) is 10.6. The molecule has 0 unspecified atom stereocenters. The van der Waals surface area contributed by atoms with Gasteiger partial charge in [-0.05, 0) is 19.4 Å². The molecule has 0 spiro atoms. The molecular weight excluding hydrogens is 268 g/mol. The summed E-state index contributed by atoms with van der Waals surface area (Å²) in [5.74, 6) is -0.730. The number of ether oxygens (including phenoxy) is 3. The molecule has 0 aromatic heterocycles. The first-order valence-corrected chi connectivity index (χ1v) is 7.70. The molecule has 110 valence electrons. The highest BCUT2D eigenvalue weighted by atomic mass is 28.2. The Hall–Kier alpha value is -1.18. The minimum absolute atomic E-state index is 0.0407. The number of carbonyl (C=O) groups excluding carboxylic acids is 2. The molecule has 6 nitrogen and oxygen atoms in total. The van der Waals surface area contributed by atoms with E-state index in [1.807, 2.05) is 0 Å². The lowest BCUT2D eigenvalue weighted by molar-refractivity contribution is -0.140. The summed E-state index contributed by atoms with van der Waals surface area (Å²) < 4.78 is 19.7. The standard InChI is InChI=1S/C12H22O6Si/c1-10(2)12(14)17-5-4-8-19-18-11(13)9-16-7-6-15-3/h1,4-9,19H2,2-3H3. The minimum Gasteiger partial charge on any atom is -0.523 e. The number of hydrogen-bond donors (Lipinski definition) is 0. The summed E-state index contributed by atoms with van der Waals surface area (Å²) in [6.45, 7) is 6.21. The second kappa shape index (κ2) is 11.9. The molecule has 0 fully saturated rings. The fourth-order valence-electron chi connectivity index (χ4n) is 1.02. The summed E-state index contributed by atoms with van der Waals surface area (Å²) >= 11 is 0. The molecule has 0 aliphatic heterocycles. The van der Waals surface area contributed by atoms with Crippen molar-refractivity contribution >= 4 is 21.7 Å². The van der Waals surface area contributed by atoms with Gasteiger partial charge in [-0.1, -0.05) is 6.58 Å². The molecule has 0 rings (SSSR count). The van der Waals surface area contributed by atoms with Gasteiger partial charge in [0.05, 0.1) is 19.8 Å². The van der Waals surface area contributed by atoms with E-state index < -0.39 is 9.76 Å². The Kier molecular flexibility index (Phi) is 11.1. The Morgan fingerprint density at radius 1 is 1.21 bits per heavy atom. The van der Waals surface area contributed by atoms with Gasteiger partial charge in [-0.15, -0.1) is 0 Å². The van der Waals surface area contributed by atoms with Crippen LogP contribution in [0.3, 0.4) is 0 Å². The molecule has 0 N–H and O–H groups in total. The third-order valence-corrected chi connectivity index (χ3v) is 3.35. The zero-order valence-electron chi connectivity index (χ0n) is 11.6. The van der Waals surface area contributed by atoms with Gasteiger partial charge in [0.1, 0.15) is 6.61 Å². The lowest BCUT2D eigenvalue weighted by atomic mass is 10.4. The highest BCUT2D eigenvalue weighted by Crippen LogP contribution is 1.96. The van der Waals surface area contributed by atoms with E-state index in [1.165, 1.54) is 0 Å². The molecule has 0 aromatic rings. The zero-order chi connectivity index (χ0) is 14.5. The summed E-state index contributed by atoms with van der Waals surface area (Å²) in [4.78, 5) is 22.2. The molecule has 0 aliphatic carbocycles. The SMILES string of the molecule is C=C(C)C(=O)OCCC[SiH2]OC(=O)COCCOC. The van der Waals surface area contributed by atoms with Gasteiger partial charge in [-0.2, -0.15) is 0 Å². The van der Waals surface area contributed by atoms with Crippen molar-refractivity contribution in [3.63, 3.8) is 0 Å². The van der Waals surface area contributed by atoms with Crippen LogP contribution in [0.25, 0.3) is 0 Å². The number of hydrogen-bond acceptors (Lipinski definition) is 6. The molecule has 0 amide bonds. The highest BCUT2D eigenvalue weighted by Gasteiger charge is 2.04. The fourth-order valence-corrected chi connectivity index (χ4v) is 1.88. The van der Waals surface area contributed by atoms with E-state index >= 15 is 0 Å². The third-order valence-electron chi connectivity index (χ3n) is 2.04. The van der Waals surface area contributed by atoms with Crippen molar-refractivity contribution < 1.29 is 28.2 Å². The van der Waals surface area contributed by atoms with Crippen molar-refractivity contribution in [2.45, 2.75) is 19.4 Å². The molecule has 19 heavy (non-hydrogen) atoms. The van der Waals surface area contributed by atoms with Gasteiger partial charge in [0.25, 0.3) is 0 Å². The lowest BCUT2D eigenvalue weighted by Crippen LogP contribution is -2.17. The van der Waals surface area contributed by atoms with E-state index in [4.69, 9.17) is 18.6 Å². The van der Waals surface area contributed by atoms with Crippen molar-refractivity contribution in [1.82, 2.24) is 0 Å². The van der Waals surface area contributed by atoms with Crippen molar-refractivity contribution in [3.05, 3.63) is 12.2 Å². The number of esters is 1. The van der Waals surface area contributed by atoms with Crippen LogP contribution in [-0.4, -0.2) is 55.2 Å². The Morgan fingerprint density at radius 3 is 2.58 bits per heavy atom. The molecule has 0 aliphatic rings. The molecule has 0 aromatic carbocycles. The monoisotopic (exact) mass is 290 g/mol. The van der Waals surface area contributed by atoms with E-state index in [0.29, 0.717) is 31.8 Å². The first-order chi connectivity index (χ1) is 9.07. The van der Waals surface area contributed by atoms with Crippen LogP contribution in [0, 0.1) is 0 Å². The summed E-state index contributed by atoms with van der Waals surface area (Å²) in [7, 11) is 0.650. The average molecular weight is 290 g/mol. The predicted molar refractivity (Wildman–Crippen MR) is 72.5 cm³/mol. The number of methoxy groups -OCH3 is 1. The molecule has 0 saturated carbocycles. The highest BCUT2D eigenvalue weighted by molar-refractivity contribution is 6.30. The smallest absolute Gasteiger partial charge is 0.333 e. The van der Waals surface area contributed by atoms with Crippen LogP contribution in [-0.2, 0) is 28.2 Å². The number of carbonyl (C=O) groups is 2. The van der Waals surface area contributed by atoms with Gasteiger partial charge < -0.3 is 18.6 Å². The van der Waals surface area contributed by atoms with E-state index in [0.717, 1.165) is 6.04 Å². The van der Waals surface area contributed by atoms with Crippen LogP contribution in [0.1, 0.15) is 13.3 Å². The molecular formula is C12H22O6Si. The van der Waals surface area contributed by atoms with Gasteiger partial charge in [-0.25, -0.2) is 4.79 Å². The maximum Gasteiger partial charge on any atom is 0.333 e. The predicted octanol–water partition coefficient (Wildman–Crippen LogP) is 0.204. The van der Waals surface area contributed by atoms with Gasteiger partial charge in [0, 0.05) is 12.7 Å². The van der Waals surface area contributed by atoms with E-state index in [2.05, 4.69) is 6.58 Å². The van der Waals surface area contributed by atoms with Gasteiger partial charge in [0.15, 0.2) is 0 Å². The van der Waals surface area contributed by atoms with Crippen molar-refractivity contribution in [3.8, 4) is 0 Å². The van der Waals surface area contributed by atoms with Crippen molar-refractivity contribution in [2.75, 3.05) is 33.5 Å². The van der Waals surface area contributed by atoms with Crippen LogP contribution < -0.4 is 0 Å². The molecule has 7 heteroatoms. The van der Waals surface area contributed by atoms with Gasteiger partial charge in [-0.3, -0.25) is 4.79 Å². The number of rotatable bonds is 11. The van der Waals surface area contributed by atoms with E-state index in [9.17, 15) is 9.59 Å². The first-order valence-electron chi connectivity index (χ1n) is 6.13. The molecule has 0 atom stereocenters. The van der Waals surface area contributed by atoms with Gasteiger partial charge >= 0.3 is 11.9 Å². The lowest BCUT2D eigenvalue weighted by Gasteiger charge is -2.06. The second-order valence-electron chi connectivity index (χ2n) is 3.89. The molecule has 0 bridgehead atoms. The first kappa shape index (κ1) is 17.8. The quantitative estimate of drug-likeness (QED) is 0.234. The topological polar surface area (TPSA) is 71.1 Å². The minimum atomic E-state index is -0.914. The van der Waals surface area contributed by atoms with Crippen LogP contribution in [0.15, 0.2) is 12.2 Å². The Labute approximate surface area is 116 Å². The summed E-state index contributed by atoms with van der Waals surface area (Å²) in [5, 5.41) is 0. The second-order valence-corrected chi connectivity index (χ2v) is 5.29. The summed E-state index contributed by atoms with van der Waals surface area (Å²) in [6.07, 6.45) is 0.697. The molecule has 0 saturated heterocycles. The van der Waals surface area contributed by atoms with E-state index in [1.54, 1.807) is 14.0 Å². The maximum atomic E-state index is 11.2. The Morgan fingerprint density at radius 2 is 1.95 bits per heavy atom. The van der Waals surface area contributed by atoms with Crippen LogP contribution in [0.2, 0.25) is 6.04 Å². The molecule has 0 heterocycles.